The number of carbonyl (C=O) groups excluding carboxylic acids is 2. The molecule has 0 radical (unpaired) electrons. The molecule has 0 saturated heterocycles. The minimum Gasteiger partial charge on any atom is -0.508 e. The summed E-state index contributed by atoms with van der Waals surface area (Å²) < 4.78 is -0.0940. The van der Waals surface area contributed by atoms with Gasteiger partial charge in [0, 0.05) is 33.5 Å². The molecule has 1 aromatic carbocycles. The lowest BCUT2D eigenvalue weighted by Crippen LogP contribution is -2.12. The summed E-state index contributed by atoms with van der Waals surface area (Å²) in [4.78, 5) is 30.5. The minimum atomic E-state index is -0.326. The fraction of sp³-hybridized carbons (Fsp3) is 0. The summed E-state index contributed by atoms with van der Waals surface area (Å²) in [5.74, 6) is 0.157. The summed E-state index contributed by atoms with van der Waals surface area (Å²) in [6.45, 7) is 0. The van der Waals surface area contributed by atoms with Gasteiger partial charge >= 0.3 is 0 Å². The van der Waals surface area contributed by atoms with E-state index in [1.54, 1.807) is 40.9 Å². The van der Waals surface area contributed by atoms with E-state index in [0.717, 1.165) is 10.9 Å². The van der Waals surface area contributed by atoms with Crippen molar-refractivity contribution in [2.75, 3.05) is 5.32 Å². The third kappa shape index (κ3) is 2.93. The fourth-order valence-electron chi connectivity index (χ4n) is 2.01. The lowest BCUT2D eigenvalue weighted by atomic mass is 10.2. The van der Waals surface area contributed by atoms with Gasteiger partial charge in [0.15, 0.2) is 0 Å². The number of phenolic OH excluding ortho intramolecular Hbond substituents is 1. The second kappa shape index (κ2) is 5.76. The number of hydrogen-bond donors (Lipinski definition) is 3. The van der Waals surface area contributed by atoms with Gasteiger partial charge < -0.3 is 15.4 Å². The molecule has 3 aromatic rings. The average Bonchev–Trinajstić information content (AvgIpc) is 2.91. The number of nitrogens with one attached hydrogen (secondary N) is 2. The number of fused-ring (bicyclic) bond motifs is 1. The molecule has 0 saturated carbocycles. The Morgan fingerprint density at radius 2 is 1.91 bits per heavy atom. The first-order valence-corrected chi connectivity index (χ1v) is 7.40. The van der Waals surface area contributed by atoms with Gasteiger partial charge in [-0.1, -0.05) is 0 Å². The number of anilines is 1. The molecule has 22 heavy (non-hydrogen) atoms. The van der Waals surface area contributed by atoms with Crippen molar-refractivity contribution in [1.82, 2.24) is 9.97 Å². The molecule has 0 aliphatic rings. The molecule has 7 heteroatoms. The predicted molar refractivity (Wildman–Crippen MR) is 90.5 cm³/mol. The number of benzene rings is 1. The van der Waals surface area contributed by atoms with Gasteiger partial charge in [-0.2, -0.15) is 0 Å². The van der Waals surface area contributed by atoms with Crippen LogP contribution in [-0.4, -0.2) is 24.8 Å². The summed E-state index contributed by atoms with van der Waals surface area (Å²) in [5, 5.41) is 12.7. The number of rotatable bonds is 3. The van der Waals surface area contributed by atoms with E-state index in [2.05, 4.69) is 15.3 Å². The van der Waals surface area contributed by atoms with E-state index in [1.165, 1.54) is 24.3 Å². The average molecular weight is 407 g/mol. The lowest BCUT2D eigenvalue weighted by molar-refractivity contribution is 0.102. The molecule has 0 bridgehead atoms. The van der Waals surface area contributed by atoms with Crippen LogP contribution in [0.1, 0.15) is 20.8 Å². The zero-order valence-corrected chi connectivity index (χ0v) is 13.3. The number of halogens is 1. The highest BCUT2D eigenvalue weighted by Gasteiger charge is 2.10. The first-order chi connectivity index (χ1) is 10.5. The topological polar surface area (TPSA) is 95.1 Å². The number of nitrogens with zero attached hydrogens (tertiary/aromatic N) is 1. The summed E-state index contributed by atoms with van der Waals surface area (Å²) in [7, 11) is 0. The number of H-pyrrole nitrogens is 1. The molecule has 110 valence electrons. The standard InChI is InChI=1S/C15H10IN3O3/c16-14(21)11-5-9-6-13(17-7-12(9)18-11)19-15(22)8-1-3-10(20)4-2-8/h1-7,18,20H,(H,17,19,22). The first kappa shape index (κ1) is 14.5. The summed E-state index contributed by atoms with van der Waals surface area (Å²) >= 11 is 1.70. The van der Waals surface area contributed by atoms with Crippen LogP contribution in [-0.2, 0) is 0 Å². The van der Waals surface area contributed by atoms with Gasteiger partial charge in [0.05, 0.1) is 17.4 Å². The predicted octanol–water partition coefficient (Wildman–Crippen LogP) is 3.10. The van der Waals surface area contributed by atoms with Crippen LogP contribution in [0.2, 0.25) is 0 Å². The molecule has 0 aliphatic carbocycles. The van der Waals surface area contributed by atoms with E-state index in [9.17, 15) is 14.7 Å². The van der Waals surface area contributed by atoms with Gasteiger partial charge in [0.25, 0.3) is 5.91 Å². The fourth-order valence-corrected chi connectivity index (χ4v) is 2.30. The number of aromatic amines is 1. The zero-order chi connectivity index (χ0) is 15.7. The maximum Gasteiger partial charge on any atom is 0.256 e. The van der Waals surface area contributed by atoms with Crippen molar-refractivity contribution in [3.63, 3.8) is 0 Å². The third-order valence-corrected chi connectivity index (χ3v) is 3.67. The Morgan fingerprint density at radius 1 is 1.18 bits per heavy atom. The van der Waals surface area contributed by atoms with Crippen LogP contribution in [0.15, 0.2) is 42.6 Å². The number of amides is 1. The highest BCUT2D eigenvalue weighted by Crippen LogP contribution is 2.20. The van der Waals surface area contributed by atoms with E-state index in [4.69, 9.17) is 0 Å². The number of hydrogen-bond acceptors (Lipinski definition) is 4. The summed E-state index contributed by atoms with van der Waals surface area (Å²) in [6.07, 6.45) is 1.56. The van der Waals surface area contributed by atoms with Crippen LogP contribution in [0.5, 0.6) is 5.75 Å². The Labute approximate surface area is 138 Å². The first-order valence-electron chi connectivity index (χ1n) is 6.32. The molecule has 1 amide bonds. The highest BCUT2D eigenvalue weighted by molar-refractivity contribution is 14.1. The second-order valence-electron chi connectivity index (χ2n) is 4.61. The van der Waals surface area contributed by atoms with Gasteiger partial charge in [-0.25, -0.2) is 4.98 Å². The van der Waals surface area contributed by atoms with Crippen molar-refractivity contribution >= 4 is 49.0 Å². The molecular formula is C15H10IN3O3. The van der Waals surface area contributed by atoms with Crippen molar-refractivity contribution in [3.8, 4) is 5.75 Å². The molecule has 0 spiro atoms. The van der Waals surface area contributed by atoms with E-state index >= 15 is 0 Å². The maximum atomic E-state index is 12.1. The van der Waals surface area contributed by atoms with Gasteiger partial charge in [0.2, 0.25) is 3.79 Å². The zero-order valence-electron chi connectivity index (χ0n) is 11.1. The van der Waals surface area contributed by atoms with Gasteiger partial charge in [-0.3, -0.25) is 9.59 Å². The van der Waals surface area contributed by atoms with Crippen LogP contribution in [0.3, 0.4) is 0 Å². The van der Waals surface area contributed by atoms with Crippen LogP contribution < -0.4 is 5.32 Å². The number of carbonyl (C=O) groups is 2. The molecule has 0 unspecified atom stereocenters. The van der Waals surface area contributed by atoms with Crippen LogP contribution in [0.25, 0.3) is 10.9 Å². The monoisotopic (exact) mass is 407 g/mol. The molecule has 3 N–H and O–H groups in total. The van der Waals surface area contributed by atoms with Crippen LogP contribution in [0.4, 0.5) is 5.82 Å². The molecule has 0 atom stereocenters. The number of aromatic nitrogens is 2. The number of aromatic hydroxyl groups is 1. The van der Waals surface area contributed by atoms with Gasteiger partial charge in [-0.05, 0) is 36.4 Å². The maximum absolute atomic E-state index is 12.1. The van der Waals surface area contributed by atoms with Crippen LogP contribution >= 0.6 is 22.6 Å². The number of phenols is 1. The Bertz CT molecular complexity index is 871. The van der Waals surface area contributed by atoms with Crippen molar-refractivity contribution < 1.29 is 14.7 Å². The van der Waals surface area contributed by atoms with Crippen molar-refractivity contribution in [2.24, 2.45) is 0 Å². The van der Waals surface area contributed by atoms with E-state index in [0.29, 0.717) is 17.1 Å². The molecule has 0 aliphatic heterocycles. The minimum absolute atomic E-state index is 0.0940. The van der Waals surface area contributed by atoms with E-state index in [-0.39, 0.29) is 15.4 Å². The highest BCUT2D eigenvalue weighted by atomic mass is 127. The third-order valence-electron chi connectivity index (χ3n) is 3.09. The van der Waals surface area contributed by atoms with Crippen molar-refractivity contribution in [2.45, 2.75) is 0 Å². The van der Waals surface area contributed by atoms with Crippen LogP contribution in [0, 0.1) is 0 Å². The Kier molecular flexibility index (Phi) is 3.80. The molecule has 6 nitrogen and oxygen atoms in total. The van der Waals surface area contributed by atoms with Crippen molar-refractivity contribution in [1.29, 1.82) is 0 Å². The second-order valence-corrected chi connectivity index (χ2v) is 5.59. The molecule has 0 fully saturated rings. The Hall–Kier alpha value is -2.42. The Morgan fingerprint density at radius 3 is 2.59 bits per heavy atom. The number of pyridine rings is 1. The van der Waals surface area contributed by atoms with Crippen molar-refractivity contribution in [3.05, 3.63) is 53.9 Å². The quantitative estimate of drug-likeness (QED) is 0.460. The lowest BCUT2D eigenvalue weighted by Gasteiger charge is -2.04. The van der Waals surface area contributed by atoms with Gasteiger partial charge in [0.1, 0.15) is 11.6 Å². The summed E-state index contributed by atoms with van der Waals surface area (Å²) in [6, 6.07) is 9.32. The van der Waals surface area contributed by atoms with Gasteiger partial charge in [-0.15, -0.1) is 0 Å². The molecule has 2 heterocycles. The van der Waals surface area contributed by atoms with E-state index in [1.807, 2.05) is 0 Å². The normalized spacial score (nSPS) is 10.6. The Balaban J connectivity index is 1.85. The molecule has 3 rings (SSSR count). The largest absolute Gasteiger partial charge is 0.508 e. The molecular weight excluding hydrogens is 397 g/mol. The SMILES string of the molecule is O=C(Nc1cc2cc(C(=O)I)[nH]c2cn1)c1ccc(O)cc1. The van der Waals surface area contributed by atoms with E-state index < -0.39 is 0 Å². The summed E-state index contributed by atoms with van der Waals surface area (Å²) in [5.41, 5.74) is 1.62. The molecule has 2 aromatic heterocycles. The smallest absolute Gasteiger partial charge is 0.256 e.